The highest BCUT2D eigenvalue weighted by molar-refractivity contribution is 5.79. The van der Waals surface area contributed by atoms with Crippen LogP contribution in [0.5, 0.6) is 0 Å². The van der Waals surface area contributed by atoms with E-state index in [1.807, 2.05) is 12.1 Å². The first-order valence-electron chi connectivity index (χ1n) is 10.1. The maximum Gasteiger partial charge on any atom is 0.225 e. The molecule has 9 nitrogen and oxygen atoms in total. The Morgan fingerprint density at radius 1 is 1.07 bits per heavy atom. The summed E-state index contributed by atoms with van der Waals surface area (Å²) in [5.74, 6) is 1.34. The van der Waals surface area contributed by atoms with Crippen molar-refractivity contribution in [2.45, 2.75) is 26.7 Å². The quantitative estimate of drug-likeness (QED) is 0.747. The Kier molecular flexibility index (Phi) is 3.88. The van der Waals surface area contributed by atoms with Gasteiger partial charge in [-0.2, -0.15) is 0 Å². The topological polar surface area (TPSA) is 82.8 Å². The number of amides is 1. The van der Waals surface area contributed by atoms with Crippen LogP contribution in [0.1, 0.15) is 26.7 Å². The fraction of sp³-hybridized carbons (Fsp3) is 0.737. The SMILES string of the molecule is CN1CC2(C)CN(C(=O)C3CCN(c4ccc5nnnn5n4)CC3)CC2(C)C1. The number of piperidine rings is 1. The zero-order chi connectivity index (χ0) is 19.5. The molecular weight excluding hydrogens is 356 g/mol. The number of hydrogen-bond donors (Lipinski definition) is 0. The number of rotatable bonds is 2. The zero-order valence-electron chi connectivity index (χ0n) is 16.9. The van der Waals surface area contributed by atoms with Crippen molar-refractivity contribution in [3.05, 3.63) is 12.1 Å². The highest BCUT2D eigenvalue weighted by Gasteiger charge is 2.57. The number of anilines is 1. The number of tetrazole rings is 1. The fourth-order valence-corrected chi connectivity index (χ4v) is 5.59. The summed E-state index contributed by atoms with van der Waals surface area (Å²) in [6.07, 6.45) is 1.75. The molecule has 3 aliphatic heterocycles. The number of aromatic nitrogens is 5. The van der Waals surface area contributed by atoms with Gasteiger partial charge in [0.1, 0.15) is 0 Å². The molecule has 5 rings (SSSR count). The Morgan fingerprint density at radius 2 is 1.75 bits per heavy atom. The summed E-state index contributed by atoms with van der Waals surface area (Å²) in [6, 6.07) is 3.83. The van der Waals surface area contributed by atoms with Crippen molar-refractivity contribution in [3.63, 3.8) is 0 Å². The fourth-order valence-electron chi connectivity index (χ4n) is 5.59. The number of nitrogens with zero attached hydrogens (tertiary/aromatic N) is 8. The van der Waals surface area contributed by atoms with E-state index < -0.39 is 0 Å². The summed E-state index contributed by atoms with van der Waals surface area (Å²) in [5.41, 5.74) is 1.06. The molecule has 150 valence electrons. The molecule has 3 aliphatic rings. The zero-order valence-corrected chi connectivity index (χ0v) is 16.9. The lowest BCUT2D eigenvalue weighted by Gasteiger charge is -2.34. The molecule has 0 bridgehead atoms. The van der Waals surface area contributed by atoms with Crippen molar-refractivity contribution >= 4 is 17.4 Å². The lowest BCUT2D eigenvalue weighted by Crippen LogP contribution is -2.43. The third-order valence-corrected chi connectivity index (χ3v) is 7.31. The minimum atomic E-state index is 0.122. The Balaban J connectivity index is 1.23. The third-order valence-electron chi connectivity index (χ3n) is 7.31. The lowest BCUT2D eigenvalue weighted by molar-refractivity contribution is -0.135. The minimum Gasteiger partial charge on any atom is -0.355 e. The summed E-state index contributed by atoms with van der Waals surface area (Å²) >= 11 is 0. The van der Waals surface area contributed by atoms with Crippen LogP contribution in [-0.2, 0) is 4.79 Å². The molecule has 0 aliphatic carbocycles. The molecule has 3 saturated heterocycles. The van der Waals surface area contributed by atoms with Crippen LogP contribution in [0.4, 0.5) is 5.82 Å². The van der Waals surface area contributed by atoms with Gasteiger partial charge in [-0.05, 0) is 42.4 Å². The average Bonchev–Trinajstić information content (AvgIpc) is 3.28. The van der Waals surface area contributed by atoms with Crippen LogP contribution in [0, 0.1) is 16.7 Å². The van der Waals surface area contributed by atoms with E-state index in [9.17, 15) is 4.79 Å². The predicted octanol–water partition coefficient (Wildman–Crippen LogP) is 0.536. The van der Waals surface area contributed by atoms with Crippen molar-refractivity contribution in [2.75, 3.05) is 51.2 Å². The standard InChI is InChI=1S/C19H28N8O/c1-18-10-24(3)11-19(18,2)13-26(12-18)17(28)14-6-8-25(9-7-14)16-5-4-15-20-22-23-27(15)21-16/h4-5,14H,6-13H2,1-3H3. The first kappa shape index (κ1) is 17.8. The minimum absolute atomic E-state index is 0.122. The summed E-state index contributed by atoms with van der Waals surface area (Å²) in [6.45, 7) is 10.3. The number of likely N-dealkylation sites (tertiary alicyclic amines) is 2. The lowest BCUT2D eigenvalue weighted by atomic mass is 9.71. The van der Waals surface area contributed by atoms with E-state index in [1.165, 1.54) is 4.63 Å². The molecule has 0 radical (unpaired) electrons. The molecule has 0 saturated carbocycles. The summed E-state index contributed by atoms with van der Waals surface area (Å²) < 4.78 is 1.45. The smallest absolute Gasteiger partial charge is 0.225 e. The first-order valence-corrected chi connectivity index (χ1v) is 10.1. The first-order chi connectivity index (χ1) is 13.4. The maximum absolute atomic E-state index is 13.2. The maximum atomic E-state index is 13.2. The van der Waals surface area contributed by atoms with Gasteiger partial charge < -0.3 is 14.7 Å². The second kappa shape index (κ2) is 6.10. The van der Waals surface area contributed by atoms with Crippen molar-refractivity contribution in [2.24, 2.45) is 16.7 Å². The van der Waals surface area contributed by atoms with Gasteiger partial charge in [-0.3, -0.25) is 4.79 Å². The van der Waals surface area contributed by atoms with Gasteiger partial charge in [0.2, 0.25) is 5.91 Å². The van der Waals surface area contributed by atoms with E-state index in [1.54, 1.807) is 0 Å². The van der Waals surface area contributed by atoms with Gasteiger partial charge in [0, 0.05) is 56.0 Å². The number of hydrogen-bond acceptors (Lipinski definition) is 7. The van der Waals surface area contributed by atoms with E-state index in [2.05, 4.69) is 56.2 Å². The van der Waals surface area contributed by atoms with Crippen LogP contribution in [0.2, 0.25) is 0 Å². The van der Waals surface area contributed by atoms with Crippen LogP contribution in [0.3, 0.4) is 0 Å². The van der Waals surface area contributed by atoms with Crippen LogP contribution in [-0.4, -0.2) is 87.3 Å². The second-order valence-corrected chi connectivity index (χ2v) is 9.47. The summed E-state index contributed by atoms with van der Waals surface area (Å²) in [4.78, 5) is 20.0. The summed E-state index contributed by atoms with van der Waals surface area (Å²) in [7, 11) is 2.19. The van der Waals surface area contributed by atoms with Gasteiger partial charge in [-0.1, -0.05) is 13.8 Å². The second-order valence-electron chi connectivity index (χ2n) is 9.47. The molecule has 3 fully saturated rings. The predicted molar refractivity (Wildman–Crippen MR) is 104 cm³/mol. The van der Waals surface area contributed by atoms with Crippen molar-refractivity contribution in [1.29, 1.82) is 0 Å². The molecule has 2 aromatic rings. The van der Waals surface area contributed by atoms with Gasteiger partial charge in [0.25, 0.3) is 0 Å². The van der Waals surface area contributed by atoms with Crippen LogP contribution < -0.4 is 4.90 Å². The van der Waals surface area contributed by atoms with Gasteiger partial charge in [0.05, 0.1) is 0 Å². The van der Waals surface area contributed by atoms with Gasteiger partial charge in [-0.15, -0.1) is 14.8 Å². The van der Waals surface area contributed by atoms with Crippen LogP contribution in [0.25, 0.3) is 5.65 Å². The highest BCUT2D eigenvalue weighted by atomic mass is 16.2. The van der Waals surface area contributed by atoms with Crippen molar-refractivity contribution in [3.8, 4) is 0 Å². The molecule has 9 heteroatoms. The monoisotopic (exact) mass is 384 g/mol. The molecular formula is C19H28N8O. The van der Waals surface area contributed by atoms with Crippen molar-refractivity contribution in [1.82, 2.24) is 35.1 Å². The number of carbonyl (C=O) groups excluding carboxylic acids is 1. The Labute approximate surface area is 164 Å². The molecule has 0 aromatic carbocycles. The summed E-state index contributed by atoms with van der Waals surface area (Å²) in [5, 5.41) is 15.9. The molecule has 2 aromatic heterocycles. The highest BCUT2D eigenvalue weighted by Crippen LogP contribution is 2.51. The van der Waals surface area contributed by atoms with Crippen LogP contribution >= 0.6 is 0 Å². The Hall–Kier alpha value is -2.29. The molecule has 28 heavy (non-hydrogen) atoms. The van der Waals surface area contributed by atoms with E-state index in [0.717, 1.165) is 57.9 Å². The molecule has 0 N–H and O–H groups in total. The molecule has 2 atom stereocenters. The molecule has 2 unspecified atom stereocenters. The van der Waals surface area contributed by atoms with E-state index in [0.29, 0.717) is 11.6 Å². The largest absolute Gasteiger partial charge is 0.355 e. The molecule has 5 heterocycles. The van der Waals surface area contributed by atoms with E-state index in [-0.39, 0.29) is 16.7 Å². The third kappa shape index (κ3) is 2.67. The average molecular weight is 384 g/mol. The Bertz CT molecular complexity index is 886. The van der Waals surface area contributed by atoms with E-state index in [4.69, 9.17) is 0 Å². The molecule has 0 spiro atoms. The van der Waals surface area contributed by atoms with Gasteiger partial charge in [0.15, 0.2) is 11.5 Å². The normalized spacial score (nSPS) is 31.7. The van der Waals surface area contributed by atoms with Gasteiger partial charge >= 0.3 is 0 Å². The number of fused-ring (bicyclic) bond motifs is 2. The molecule has 1 amide bonds. The van der Waals surface area contributed by atoms with Crippen LogP contribution in [0.15, 0.2) is 12.1 Å². The Morgan fingerprint density at radius 3 is 2.43 bits per heavy atom. The van der Waals surface area contributed by atoms with E-state index >= 15 is 0 Å². The van der Waals surface area contributed by atoms with Crippen molar-refractivity contribution < 1.29 is 4.79 Å². The van der Waals surface area contributed by atoms with Gasteiger partial charge in [-0.25, -0.2) is 0 Å². The number of carbonyl (C=O) groups is 1.